The second kappa shape index (κ2) is 8.03. The molecule has 0 bridgehead atoms. The van der Waals surface area contributed by atoms with Gasteiger partial charge in [-0.3, -0.25) is 14.4 Å². The Morgan fingerprint density at radius 3 is 2.55 bits per heavy atom. The number of benzene rings is 2. The maximum absolute atomic E-state index is 13.5. The van der Waals surface area contributed by atoms with Gasteiger partial charge in [-0.05, 0) is 30.5 Å². The van der Waals surface area contributed by atoms with Crippen LogP contribution in [0, 0.1) is 5.82 Å². The quantitative estimate of drug-likeness (QED) is 0.806. The first kappa shape index (κ1) is 19.1. The van der Waals surface area contributed by atoms with Gasteiger partial charge in [-0.15, -0.1) is 0 Å². The van der Waals surface area contributed by atoms with Gasteiger partial charge in [0.1, 0.15) is 5.82 Å². The SMILES string of the molecule is O=C1C[C@@H](C(=O)O[C@@H](C(=O)N2CCCC2)c2ccccc2)c2ccc(F)cc2N1. The summed E-state index contributed by atoms with van der Waals surface area (Å²) >= 11 is 0. The number of amides is 2. The van der Waals surface area contributed by atoms with Crippen molar-refractivity contribution in [1.29, 1.82) is 0 Å². The lowest BCUT2D eigenvalue weighted by molar-refractivity contribution is -0.162. The number of rotatable bonds is 4. The number of fused-ring (bicyclic) bond motifs is 1. The summed E-state index contributed by atoms with van der Waals surface area (Å²) in [7, 11) is 0. The molecule has 2 amide bonds. The van der Waals surface area contributed by atoms with Crippen LogP contribution < -0.4 is 5.32 Å². The average Bonchev–Trinajstić information content (AvgIpc) is 3.26. The van der Waals surface area contributed by atoms with Crippen molar-refractivity contribution >= 4 is 23.5 Å². The number of carbonyl (C=O) groups is 3. The summed E-state index contributed by atoms with van der Waals surface area (Å²) in [5.74, 6) is -2.73. The van der Waals surface area contributed by atoms with E-state index in [-0.39, 0.29) is 18.0 Å². The summed E-state index contributed by atoms with van der Waals surface area (Å²) in [5, 5.41) is 2.58. The first-order valence-corrected chi connectivity index (χ1v) is 9.66. The Kier molecular flexibility index (Phi) is 5.29. The standard InChI is InChI=1S/C22H21FN2O4/c23-15-8-9-16-17(13-19(26)24-18(16)12-15)22(28)29-20(14-6-2-1-3-7-14)21(27)25-10-4-5-11-25/h1-3,6-9,12,17,20H,4-5,10-11,13H2,(H,24,26)/t17-,20-/m1/s1. The van der Waals surface area contributed by atoms with Crippen LogP contribution in [-0.4, -0.2) is 35.8 Å². The molecular formula is C22H21FN2O4. The fourth-order valence-corrected chi connectivity index (χ4v) is 3.84. The Balaban J connectivity index is 1.62. The van der Waals surface area contributed by atoms with Gasteiger partial charge in [0.15, 0.2) is 0 Å². The maximum atomic E-state index is 13.5. The molecule has 150 valence electrons. The van der Waals surface area contributed by atoms with Crippen molar-refractivity contribution in [3.05, 3.63) is 65.5 Å². The molecule has 2 heterocycles. The highest BCUT2D eigenvalue weighted by Gasteiger charge is 2.37. The first-order valence-electron chi connectivity index (χ1n) is 9.66. The van der Waals surface area contributed by atoms with Gasteiger partial charge in [-0.1, -0.05) is 36.4 Å². The zero-order chi connectivity index (χ0) is 20.4. The third-order valence-electron chi connectivity index (χ3n) is 5.32. The number of ether oxygens (including phenoxy) is 1. The van der Waals surface area contributed by atoms with E-state index in [9.17, 15) is 18.8 Å². The zero-order valence-corrected chi connectivity index (χ0v) is 15.8. The molecule has 4 rings (SSSR count). The van der Waals surface area contributed by atoms with E-state index < -0.39 is 29.7 Å². The van der Waals surface area contributed by atoms with E-state index in [1.54, 1.807) is 29.2 Å². The average molecular weight is 396 g/mol. The Morgan fingerprint density at radius 1 is 1.10 bits per heavy atom. The molecule has 6 nitrogen and oxygen atoms in total. The molecule has 2 aliphatic heterocycles. The molecule has 1 fully saturated rings. The van der Waals surface area contributed by atoms with Gasteiger partial charge >= 0.3 is 5.97 Å². The van der Waals surface area contributed by atoms with E-state index in [0.29, 0.717) is 24.2 Å². The number of hydrogen-bond acceptors (Lipinski definition) is 4. The van der Waals surface area contributed by atoms with Gasteiger partial charge in [-0.25, -0.2) is 4.39 Å². The van der Waals surface area contributed by atoms with Gasteiger partial charge in [0.25, 0.3) is 5.91 Å². The van der Waals surface area contributed by atoms with E-state index >= 15 is 0 Å². The molecule has 29 heavy (non-hydrogen) atoms. The van der Waals surface area contributed by atoms with Crippen LogP contribution in [0.5, 0.6) is 0 Å². The first-order chi connectivity index (χ1) is 14.0. The fourth-order valence-electron chi connectivity index (χ4n) is 3.84. The highest BCUT2D eigenvalue weighted by atomic mass is 19.1. The van der Waals surface area contributed by atoms with E-state index in [4.69, 9.17) is 4.74 Å². The summed E-state index contributed by atoms with van der Waals surface area (Å²) in [6, 6.07) is 12.7. The molecule has 2 atom stereocenters. The van der Waals surface area contributed by atoms with E-state index in [1.807, 2.05) is 6.07 Å². The van der Waals surface area contributed by atoms with Crippen molar-refractivity contribution < 1.29 is 23.5 Å². The van der Waals surface area contributed by atoms with Crippen LogP contribution in [0.3, 0.4) is 0 Å². The second-order valence-corrected chi connectivity index (χ2v) is 7.30. The molecule has 0 saturated carbocycles. The van der Waals surface area contributed by atoms with Gasteiger partial charge in [-0.2, -0.15) is 0 Å². The summed E-state index contributed by atoms with van der Waals surface area (Å²) in [4.78, 5) is 39.8. The third kappa shape index (κ3) is 3.99. The number of anilines is 1. The Bertz CT molecular complexity index is 941. The van der Waals surface area contributed by atoms with E-state index in [0.717, 1.165) is 12.8 Å². The topological polar surface area (TPSA) is 75.7 Å². The van der Waals surface area contributed by atoms with E-state index in [2.05, 4.69) is 5.32 Å². The molecule has 1 saturated heterocycles. The monoisotopic (exact) mass is 396 g/mol. The molecule has 0 aliphatic carbocycles. The molecule has 0 radical (unpaired) electrons. The molecule has 1 N–H and O–H groups in total. The number of halogens is 1. The number of carbonyl (C=O) groups excluding carboxylic acids is 3. The Morgan fingerprint density at radius 2 is 1.83 bits per heavy atom. The number of esters is 1. The summed E-state index contributed by atoms with van der Waals surface area (Å²) in [5.41, 5.74) is 1.32. The highest BCUT2D eigenvalue weighted by molar-refractivity contribution is 6.00. The van der Waals surface area contributed by atoms with Crippen LogP contribution in [0.2, 0.25) is 0 Å². The molecule has 0 aromatic heterocycles. The van der Waals surface area contributed by atoms with Gasteiger partial charge < -0.3 is 15.0 Å². The molecule has 0 spiro atoms. The highest BCUT2D eigenvalue weighted by Crippen LogP contribution is 2.35. The predicted molar refractivity (Wildman–Crippen MR) is 103 cm³/mol. The van der Waals surface area contributed by atoms with Crippen LogP contribution in [0.1, 0.15) is 42.4 Å². The van der Waals surface area contributed by atoms with Crippen LogP contribution in [0.15, 0.2) is 48.5 Å². The minimum atomic E-state index is -1.07. The molecule has 2 aliphatic rings. The van der Waals surface area contributed by atoms with Gasteiger partial charge in [0.05, 0.1) is 5.92 Å². The minimum absolute atomic E-state index is 0.114. The maximum Gasteiger partial charge on any atom is 0.315 e. The lowest BCUT2D eigenvalue weighted by Crippen LogP contribution is -2.36. The number of nitrogens with zero attached hydrogens (tertiary/aromatic N) is 1. The van der Waals surface area contributed by atoms with Crippen LogP contribution in [-0.2, 0) is 19.1 Å². The fraction of sp³-hybridized carbons (Fsp3) is 0.318. The van der Waals surface area contributed by atoms with Crippen LogP contribution in [0.25, 0.3) is 0 Å². The third-order valence-corrected chi connectivity index (χ3v) is 5.32. The van der Waals surface area contributed by atoms with Crippen molar-refractivity contribution in [3.8, 4) is 0 Å². The van der Waals surface area contributed by atoms with Gasteiger partial charge in [0, 0.05) is 30.8 Å². The predicted octanol–water partition coefficient (Wildman–Crippen LogP) is 3.16. The molecular weight excluding hydrogens is 375 g/mol. The van der Waals surface area contributed by atoms with E-state index in [1.165, 1.54) is 18.2 Å². The zero-order valence-electron chi connectivity index (χ0n) is 15.8. The summed E-state index contributed by atoms with van der Waals surface area (Å²) in [6.07, 6.45) is 0.652. The normalized spacial score (nSPS) is 19.3. The van der Waals surface area contributed by atoms with Crippen molar-refractivity contribution in [2.24, 2.45) is 0 Å². The molecule has 2 aromatic carbocycles. The van der Waals surface area contributed by atoms with Crippen molar-refractivity contribution in [3.63, 3.8) is 0 Å². The van der Waals surface area contributed by atoms with Gasteiger partial charge in [0.2, 0.25) is 12.0 Å². The smallest absolute Gasteiger partial charge is 0.315 e. The lowest BCUT2D eigenvalue weighted by atomic mass is 9.90. The second-order valence-electron chi connectivity index (χ2n) is 7.30. The lowest BCUT2D eigenvalue weighted by Gasteiger charge is -2.28. The van der Waals surface area contributed by atoms with Crippen LogP contribution >= 0.6 is 0 Å². The minimum Gasteiger partial charge on any atom is -0.447 e. The number of likely N-dealkylation sites (tertiary alicyclic amines) is 1. The summed E-state index contributed by atoms with van der Waals surface area (Å²) in [6.45, 7) is 1.27. The van der Waals surface area contributed by atoms with Crippen molar-refractivity contribution in [2.75, 3.05) is 18.4 Å². The van der Waals surface area contributed by atoms with Crippen molar-refractivity contribution in [2.45, 2.75) is 31.3 Å². The number of nitrogens with one attached hydrogen (secondary N) is 1. The Labute approximate surface area is 167 Å². The summed E-state index contributed by atoms with van der Waals surface area (Å²) < 4.78 is 19.2. The Hall–Kier alpha value is -3.22. The molecule has 0 unspecified atom stereocenters. The molecule has 2 aromatic rings. The van der Waals surface area contributed by atoms with Crippen molar-refractivity contribution in [1.82, 2.24) is 4.90 Å². The number of hydrogen-bond donors (Lipinski definition) is 1. The largest absolute Gasteiger partial charge is 0.447 e. The molecule has 7 heteroatoms. The van der Waals surface area contributed by atoms with Crippen LogP contribution in [0.4, 0.5) is 10.1 Å².